The first-order chi connectivity index (χ1) is 4.31. The van der Waals surface area contributed by atoms with E-state index in [0.29, 0.717) is 0 Å². The van der Waals surface area contributed by atoms with Crippen molar-refractivity contribution in [1.82, 2.24) is 0 Å². The van der Waals surface area contributed by atoms with E-state index < -0.39 is 0 Å². The zero-order valence-electron chi connectivity index (χ0n) is 6.09. The molecule has 0 bridgehead atoms. The summed E-state index contributed by atoms with van der Waals surface area (Å²) in [5, 5.41) is 0. The second-order valence-corrected chi connectivity index (χ2v) is 2.46. The van der Waals surface area contributed by atoms with Gasteiger partial charge < -0.3 is 4.74 Å². The first-order valence-corrected chi connectivity index (χ1v) is 3.83. The molecule has 0 aromatic carbocycles. The molecule has 0 aliphatic heterocycles. The smallest absolute Gasteiger partial charge is 0.146 e. The summed E-state index contributed by atoms with van der Waals surface area (Å²) in [6.45, 7) is 5.17. The van der Waals surface area contributed by atoms with Gasteiger partial charge in [-0.1, -0.05) is 20.3 Å². The van der Waals surface area contributed by atoms with Gasteiger partial charge in [0.2, 0.25) is 0 Å². The Hall–Kier alpha value is -0.110. The van der Waals surface area contributed by atoms with Crippen LogP contribution in [0.15, 0.2) is 0 Å². The normalized spacial score (nSPS) is 12.7. The summed E-state index contributed by atoms with van der Waals surface area (Å²) in [7, 11) is 0. The van der Waals surface area contributed by atoms with E-state index in [-0.39, 0.29) is 0 Å². The van der Waals surface area contributed by atoms with Crippen LogP contribution in [-0.4, -0.2) is 12.2 Å². The van der Waals surface area contributed by atoms with Crippen LogP contribution in [0.2, 0.25) is 0 Å². The van der Waals surface area contributed by atoms with E-state index in [2.05, 4.69) is 26.1 Å². The van der Waals surface area contributed by atoms with Gasteiger partial charge in [0, 0.05) is 0 Å². The van der Waals surface area contributed by atoms with Crippen LogP contribution in [-0.2, 0) is 4.74 Å². The highest BCUT2D eigenvalue weighted by Gasteiger charge is 1.95. The summed E-state index contributed by atoms with van der Waals surface area (Å²) in [4.78, 5) is 0. The lowest BCUT2D eigenvalue weighted by molar-refractivity contribution is 0.287. The predicted octanol–water partition coefficient (Wildman–Crippen LogP) is 2.40. The Bertz CT molecular complexity index is 73.3. The lowest BCUT2D eigenvalue weighted by Gasteiger charge is -2.05. The van der Waals surface area contributed by atoms with Crippen LogP contribution >= 0.6 is 12.2 Å². The lowest BCUT2D eigenvalue weighted by atomic mass is 10.1. The van der Waals surface area contributed by atoms with E-state index in [1.165, 1.54) is 12.0 Å². The van der Waals surface area contributed by atoms with Crippen molar-refractivity contribution in [1.29, 1.82) is 0 Å². The van der Waals surface area contributed by atoms with Crippen LogP contribution in [0.3, 0.4) is 0 Å². The molecule has 0 aliphatic carbocycles. The number of hydrogen-bond acceptors (Lipinski definition) is 2. The highest BCUT2D eigenvalue weighted by atomic mass is 32.1. The molecule has 54 valence electrons. The van der Waals surface area contributed by atoms with Crippen molar-refractivity contribution in [2.45, 2.75) is 26.7 Å². The maximum absolute atomic E-state index is 4.90. The Labute approximate surface area is 62.4 Å². The zero-order valence-corrected chi connectivity index (χ0v) is 6.91. The summed E-state index contributed by atoms with van der Waals surface area (Å²) in [5.41, 5.74) is 1.34. The monoisotopic (exact) mass is 146 g/mol. The SMILES string of the molecule is CCC(C)CCOC=S. The second-order valence-electron chi connectivity index (χ2n) is 2.27. The molecule has 1 unspecified atom stereocenters. The molecule has 2 heteroatoms. The third-order valence-corrected chi connectivity index (χ3v) is 1.63. The fraction of sp³-hybridized carbons (Fsp3) is 0.857. The number of thiocarbonyl (C=S) groups is 1. The molecular formula is C7H14OS. The Morgan fingerprint density at radius 1 is 1.67 bits per heavy atom. The molecular weight excluding hydrogens is 132 g/mol. The molecule has 0 heterocycles. The molecule has 0 spiro atoms. The number of hydrogen-bond donors (Lipinski definition) is 0. The summed E-state index contributed by atoms with van der Waals surface area (Å²) in [6, 6.07) is 0. The summed E-state index contributed by atoms with van der Waals surface area (Å²) < 4.78 is 4.90. The van der Waals surface area contributed by atoms with Gasteiger partial charge in [0.05, 0.1) is 6.61 Å². The molecule has 0 saturated carbocycles. The average Bonchev–Trinajstić information content (AvgIpc) is 1.89. The Balaban J connectivity index is 2.96. The van der Waals surface area contributed by atoms with Gasteiger partial charge in [-0.25, -0.2) is 0 Å². The molecule has 1 atom stereocenters. The van der Waals surface area contributed by atoms with Crippen molar-refractivity contribution in [2.24, 2.45) is 5.92 Å². The zero-order chi connectivity index (χ0) is 7.11. The minimum Gasteiger partial charge on any atom is -0.490 e. The van der Waals surface area contributed by atoms with Crippen LogP contribution in [0.4, 0.5) is 0 Å². The van der Waals surface area contributed by atoms with Crippen LogP contribution in [0.1, 0.15) is 26.7 Å². The lowest BCUT2D eigenvalue weighted by Crippen LogP contribution is -1.98. The average molecular weight is 146 g/mol. The van der Waals surface area contributed by atoms with Crippen molar-refractivity contribution in [3.8, 4) is 0 Å². The maximum Gasteiger partial charge on any atom is 0.146 e. The van der Waals surface area contributed by atoms with Crippen molar-refractivity contribution in [3.05, 3.63) is 0 Å². The third kappa shape index (κ3) is 5.77. The first-order valence-electron chi connectivity index (χ1n) is 3.36. The minimum atomic E-state index is 0.764. The fourth-order valence-electron chi connectivity index (χ4n) is 0.521. The summed E-state index contributed by atoms with van der Waals surface area (Å²) in [6.07, 6.45) is 2.34. The van der Waals surface area contributed by atoms with E-state index in [4.69, 9.17) is 4.74 Å². The fourth-order valence-corrected chi connectivity index (χ4v) is 0.618. The molecule has 0 aromatic heterocycles. The molecule has 0 aromatic rings. The topological polar surface area (TPSA) is 9.23 Å². The Morgan fingerprint density at radius 2 is 2.33 bits per heavy atom. The maximum atomic E-state index is 4.90. The standard InChI is InChI=1S/C7H14OS/c1-3-7(2)4-5-8-6-9/h6-7H,3-5H2,1-2H3. The molecule has 0 fully saturated rings. The summed E-state index contributed by atoms with van der Waals surface area (Å²) in [5.74, 6) is 0.764. The molecule has 0 radical (unpaired) electrons. The molecule has 1 nitrogen and oxygen atoms in total. The predicted molar refractivity (Wildman–Crippen MR) is 43.7 cm³/mol. The van der Waals surface area contributed by atoms with Gasteiger partial charge in [-0.2, -0.15) is 0 Å². The van der Waals surface area contributed by atoms with Gasteiger partial charge in [-0.3, -0.25) is 0 Å². The molecule has 0 saturated heterocycles. The van der Waals surface area contributed by atoms with Gasteiger partial charge in [-0.05, 0) is 24.6 Å². The van der Waals surface area contributed by atoms with Gasteiger partial charge in [0.25, 0.3) is 0 Å². The van der Waals surface area contributed by atoms with E-state index >= 15 is 0 Å². The van der Waals surface area contributed by atoms with E-state index in [1.54, 1.807) is 0 Å². The molecule has 0 aliphatic rings. The van der Waals surface area contributed by atoms with Crippen LogP contribution in [0.5, 0.6) is 0 Å². The van der Waals surface area contributed by atoms with Crippen LogP contribution in [0.25, 0.3) is 0 Å². The largest absolute Gasteiger partial charge is 0.490 e. The molecule has 0 rings (SSSR count). The summed E-state index contributed by atoms with van der Waals surface area (Å²) >= 11 is 4.49. The second kappa shape index (κ2) is 6.02. The minimum absolute atomic E-state index is 0.764. The highest BCUT2D eigenvalue weighted by molar-refractivity contribution is 7.78. The van der Waals surface area contributed by atoms with Crippen molar-refractivity contribution in [2.75, 3.05) is 6.61 Å². The van der Waals surface area contributed by atoms with E-state index in [9.17, 15) is 0 Å². The van der Waals surface area contributed by atoms with Gasteiger partial charge in [0.15, 0.2) is 0 Å². The van der Waals surface area contributed by atoms with Gasteiger partial charge in [0.1, 0.15) is 5.55 Å². The van der Waals surface area contributed by atoms with Crippen molar-refractivity contribution in [3.63, 3.8) is 0 Å². The molecule has 9 heavy (non-hydrogen) atoms. The Morgan fingerprint density at radius 3 is 2.78 bits per heavy atom. The van der Waals surface area contributed by atoms with Crippen molar-refractivity contribution >= 4 is 17.8 Å². The highest BCUT2D eigenvalue weighted by Crippen LogP contribution is 2.04. The number of rotatable bonds is 5. The molecule has 0 amide bonds. The molecule has 0 N–H and O–H groups in total. The first kappa shape index (κ1) is 8.89. The Kier molecular flexibility index (Phi) is 5.94. The number of ether oxygens (including phenoxy) is 1. The van der Waals surface area contributed by atoms with E-state index in [0.717, 1.165) is 18.9 Å². The van der Waals surface area contributed by atoms with E-state index in [1.807, 2.05) is 0 Å². The third-order valence-electron chi connectivity index (χ3n) is 1.49. The van der Waals surface area contributed by atoms with Crippen LogP contribution in [0, 0.1) is 5.92 Å². The quantitative estimate of drug-likeness (QED) is 0.435. The van der Waals surface area contributed by atoms with Crippen LogP contribution < -0.4 is 0 Å². The van der Waals surface area contributed by atoms with Crippen molar-refractivity contribution < 1.29 is 4.74 Å². The van der Waals surface area contributed by atoms with Gasteiger partial charge >= 0.3 is 0 Å². The van der Waals surface area contributed by atoms with Gasteiger partial charge in [-0.15, -0.1) is 0 Å².